The monoisotopic (exact) mass is 372 g/mol. The summed E-state index contributed by atoms with van der Waals surface area (Å²) < 4.78 is 27.9. The molecule has 1 spiro atoms. The Morgan fingerprint density at radius 1 is 1.15 bits per heavy atom. The SMILES string of the molecule is O=C(Cc1cccnc1)N1CCC2(CC1)Nc1ccccc1S(=O)(=O)N2. The number of benzene rings is 1. The fourth-order valence-electron chi connectivity index (χ4n) is 3.55. The van der Waals surface area contributed by atoms with Gasteiger partial charge in [-0.15, -0.1) is 0 Å². The Balaban J connectivity index is 1.46. The maximum atomic E-state index is 12.6. The molecule has 2 aliphatic rings. The van der Waals surface area contributed by atoms with Gasteiger partial charge in [-0.2, -0.15) is 4.72 Å². The largest absolute Gasteiger partial charge is 0.365 e. The van der Waals surface area contributed by atoms with E-state index >= 15 is 0 Å². The van der Waals surface area contributed by atoms with Crippen molar-refractivity contribution < 1.29 is 13.2 Å². The first-order valence-electron chi connectivity index (χ1n) is 8.55. The van der Waals surface area contributed by atoms with Crippen LogP contribution in [-0.4, -0.2) is 43.0 Å². The van der Waals surface area contributed by atoms with E-state index in [2.05, 4.69) is 15.0 Å². The number of nitrogens with one attached hydrogen (secondary N) is 2. The Kier molecular flexibility index (Phi) is 4.16. The molecule has 3 heterocycles. The molecular formula is C18H20N4O3S. The average molecular weight is 372 g/mol. The second-order valence-corrected chi connectivity index (χ2v) is 8.38. The third kappa shape index (κ3) is 3.17. The molecule has 0 aliphatic carbocycles. The van der Waals surface area contributed by atoms with E-state index in [1.54, 1.807) is 35.5 Å². The van der Waals surface area contributed by atoms with E-state index in [1.165, 1.54) is 0 Å². The lowest BCUT2D eigenvalue weighted by Gasteiger charge is -2.45. The van der Waals surface area contributed by atoms with Gasteiger partial charge >= 0.3 is 0 Å². The predicted octanol–water partition coefficient (Wildman–Crippen LogP) is 1.35. The smallest absolute Gasteiger partial charge is 0.244 e. The second kappa shape index (κ2) is 6.37. The lowest BCUT2D eigenvalue weighted by atomic mass is 9.96. The summed E-state index contributed by atoms with van der Waals surface area (Å²) in [6.45, 7) is 0.994. The van der Waals surface area contributed by atoms with Crippen LogP contribution in [-0.2, 0) is 21.2 Å². The van der Waals surface area contributed by atoms with E-state index < -0.39 is 15.7 Å². The molecule has 0 unspecified atom stereocenters. The van der Waals surface area contributed by atoms with E-state index in [0.29, 0.717) is 38.0 Å². The van der Waals surface area contributed by atoms with Gasteiger partial charge in [0.05, 0.1) is 12.1 Å². The molecule has 1 fully saturated rings. The molecule has 4 rings (SSSR count). The standard InChI is InChI=1S/C18H20N4O3S/c23-17(12-14-4-3-9-19-13-14)22-10-7-18(8-11-22)20-15-5-1-2-6-16(15)26(24,25)21-18/h1-6,9,13,20-21H,7-8,10-12H2. The van der Waals surface area contributed by atoms with Crippen LogP contribution < -0.4 is 10.0 Å². The molecule has 2 aliphatic heterocycles. The van der Waals surface area contributed by atoms with Gasteiger partial charge in [-0.1, -0.05) is 18.2 Å². The van der Waals surface area contributed by atoms with Crippen LogP contribution in [0.2, 0.25) is 0 Å². The fourth-order valence-corrected chi connectivity index (χ4v) is 5.10. The zero-order chi connectivity index (χ0) is 18.2. The number of rotatable bonds is 2. The van der Waals surface area contributed by atoms with Crippen LogP contribution >= 0.6 is 0 Å². The zero-order valence-electron chi connectivity index (χ0n) is 14.2. The number of amides is 1. The molecule has 1 aromatic heterocycles. The average Bonchev–Trinajstić information content (AvgIpc) is 2.62. The van der Waals surface area contributed by atoms with Crippen LogP contribution in [0.5, 0.6) is 0 Å². The van der Waals surface area contributed by atoms with Crippen LogP contribution in [0, 0.1) is 0 Å². The Morgan fingerprint density at radius 3 is 2.65 bits per heavy atom. The van der Waals surface area contributed by atoms with Gasteiger partial charge in [0, 0.05) is 38.3 Å². The van der Waals surface area contributed by atoms with Gasteiger partial charge in [-0.3, -0.25) is 9.78 Å². The number of piperidine rings is 1. The summed E-state index contributed by atoms with van der Waals surface area (Å²) in [4.78, 5) is 18.6. The molecule has 136 valence electrons. The highest BCUT2D eigenvalue weighted by Gasteiger charge is 2.43. The number of aromatic nitrogens is 1. The normalized spacial score (nSPS) is 20.2. The molecule has 26 heavy (non-hydrogen) atoms. The van der Waals surface area contributed by atoms with E-state index in [9.17, 15) is 13.2 Å². The summed E-state index contributed by atoms with van der Waals surface area (Å²) in [6.07, 6.45) is 4.70. The molecule has 8 heteroatoms. The lowest BCUT2D eigenvalue weighted by molar-refractivity contribution is -0.131. The van der Waals surface area contributed by atoms with Crippen LogP contribution in [0.3, 0.4) is 0 Å². The fraction of sp³-hybridized carbons (Fsp3) is 0.333. The van der Waals surface area contributed by atoms with Gasteiger partial charge in [0.15, 0.2) is 0 Å². The van der Waals surface area contributed by atoms with Gasteiger partial charge in [-0.05, 0) is 23.8 Å². The molecule has 0 atom stereocenters. The highest BCUT2D eigenvalue weighted by atomic mass is 32.2. The molecule has 2 aromatic rings. The summed E-state index contributed by atoms with van der Waals surface area (Å²) in [5.74, 6) is 0.0342. The first-order chi connectivity index (χ1) is 12.5. The predicted molar refractivity (Wildman–Crippen MR) is 96.9 cm³/mol. The molecule has 1 aromatic carbocycles. The van der Waals surface area contributed by atoms with Crippen molar-refractivity contribution in [3.05, 3.63) is 54.4 Å². The van der Waals surface area contributed by atoms with Gasteiger partial charge in [0.2, 0.25) is 15.9 Å². The van der Waals surface area contributed by atoms with Crippen molar-refractivity contribution in [3.63, 3.8) is 0 Å². The van der Waals surface area contributed by atoms with Crippen LogP contribution in [0.4, 0.5) is 5.69 Å². The van der Waals surface area contributed by atoms with E-state index in [0.717, 1.165) is 5.56 Å². The molecular weight excluding hydrogens is 352 g/mol. The topological polar surface area (TPSA) is 91.4 Å². The van der Waals surface area contributed by atoms with Gasteiger partial charge in [-0.25, -0.2) is 8.42 Å². The number of hydrogen-bond acceptors (Lipinski definition) is 5. The summed E-state index contributed by atoms with van der Waals surface area (Å²) in [7, 11) is -3.56. The van der Waals surface area contributed by atoms with Crippen molar-refractivity contribution in [1.82, 2.24) is 14.6 Å². The molecule has 2 N–H and O–H groups in total. The minimum Gasteiger partial charge on any atom is -0.365 e. The molecule has 7 nitrogen and oxygen atoms in total. The number of hydrogen-bond donors (Lipinski definition) is 2. The minimum atomic E-state index is -3.56. The highest BCUT2D eigenvalue weighted by Crippen LogP contribution is 2.34. The van der Waals surface area contributed by atoms with Gasteiger partial charge in [0.1, 0.15) is 10.6 Å². The number of fused-ring (bicyclic) bond motifs is 1. The maximum absolute atomic E-state index is 12.6. The van der Waals surface area contributed by atoms with Crippen LogP contribution in [0.25, 0.3) is 0 Å². The molecule has 1 amide bonds. The lowest BCUT2D eigenvalue weighted by Crippen LogP contribution is -2.62. The molecule has 0 saturated carbocycles. The minimum absolute atomic E-state index is 0.0342. The summed E-state index contributed by atoms with van der Waals surface area (Å²) in [5, 5.41) is 3.34. The third-order valence-electron chi connectivity index (χ3n) is 4.93. The van der Waals surface area contributed by atoms with Crippen molar-refractivity contribution in [1.29, 1.82) is 0 Å². The van der Waals surface area contributed by atoms with Crippen molar-refractivity contribution in [2.75, 3.05) is 18.4 Å². The molecule has 0 radical (unpaired) electrons. The maximum Gasteiger partial charge on any atom is 0.244 e. The summed E-state index contributed by atoms with van der Waals surface area (Å²) in [5.41, 5.74) is 0.753. The number of pyridine rings is 1. The Morgan fingerprint density at radius 2 is 1.92 bits per heavy atom. The van der Waals surface area contributed by atoms with E-state index in [1.807, 2.05) is 18.2 Å². The summed E-state index contributed by atoms with van der Waals surface area (Å²) in [6, 6.07) is 10.6. The third-order valence-corrected chi connectivity index (χ3v) is 6.52. The number of sulfonamides is 1. The second-order valence-electron chi connectivity index (χ2n) is 6.73. The number of para-hydroxylation sites is 1. The zero-order valence-corrected chi connectivity index (χ0v) is 15.0. The van der Waals surface area contributed by atoms with E-state index in [4.69, 9.17) is 0 Å². The Hall–Kier alpha value is -2.45. The van der Waals surface area contributed by atoms with Crippen molar-refractivity contribution in [3.8, 4) is 0 Å². The number of anilines is 1. The first kappa shape index (κ1) is 17.0. The first-order valence-corrected chi connectivity index (χ1v) is 10.0. The Labute approximate surface area is 152 Å². The molecule has 1 saturated heterocycles. The van der Waals surface area contributed by atoms with Crippen molar-refractivity contribution >= 4 is 21.6 Å². The number of carbonyl (C=O) groups excluding carboxylic acids is 1. The van der Waals surface area contributed by atoms with Crippen LogP contribution in [0.1, 0.15) is 18.4 Å². The number of carbonyl (C=O) groups is 1. The van der Waals surface area contributed by atoms with Crippen molar-refractivity contribution in [2.24, 2.45) is 0 Å². The summed E-state index contributed by atoms with van der Waals surface area (Å²) >= 11 is 0. The Bertz CT molecular complexity index is 922. The van der Waals surface area contributed by atoms with Gasteiger partial charge in [0.25, 0.3) is 0 Å². The molecule has 0 bridgehead atoms. The van der Waals surface area contributed by atoms with Crippen molar-refractivity contribution in [2.45, 2.75) is 29.8 Å². The highest BCUT2D eigenvalue weighted by molar-refractivity contribution is 7.89. The van der Waals surface area contributed by atoms with Gasteiger partial charge < -0.3 is 10.2 Å². The van der Waals surface area contributed by atoms with E-state index in [-0.39, 0.29) is 10.8 Å². The number of likely N-dealkylation sites (tertiary alicyclic amines) is 1. The van der Waals surface area contributed by atoms with Crippen LogP contribution in [0.15, 0.2) is 53.7 Å². The number of nitrogens with zero attached hydrogens (tertiary/aromatic N) is 2. The quantitative estimate of drug-likeness (QED) is 0.830.